The first-order valence-electron chi connectivity index (χ1n) is 6.69. The van der Waals surface area contributed by atoms with Gasteiger partial charge in [-0.25, -0.2) is 4.39 Å². The smallest absolute Gasteiger partial charge is 0.239 e. The van der Waals surface area contributed by atoms with Crippen LogP contribution >= 0.6 is 11.6 Å². The number of nitrogens with two attached hydrogens (primary N) is 1. The van der Waals surface area contributed by atoms with Crippen molar-refractivity contribution < 1.29 is 9.18 Å². The minimum atomic E-state index is -0.710. The molecular formula is C14H21ClFN3O. The maximum atomic E-state index is 13.0. The number of primary amides is 1. The van der Waals surface area contributed by atoms with E-state index >= 15 is 0 Å². The third kappa shape index (κ3) is 4.74. The number of hydrogen-bond acceptors (Lipinski definition) is 3. The molecule has 0 aliphatic carbocycles. The first-order chi connectivity index (χ1) is 9.49. The zero-order chi connectivity index (χ0) is 15.1. The molecule has 6 heteroatoms. The Kier molecular flexibility index (Phi) is 6.91. The third-order valence-electron chi connectivity index (χ3n) is 3.23. The summed E-state index contributed by atoms with van der Waals surface area (Å²) >= 11 is 5.97. The third-order valence-corrected chi connectivity index (χ3v) is 3.56. The van der Waals surface area contributed by atoms with Crippen molar-refractivity contribution in [2.45, 2.75) is 19.9 Å². The molecule has 1 unspecified atom stereocenters. The first kappa shape index (κ1) is 16.9. The number of benzene rings is 1. The van der Waals surface area contributed by atoms with Gasteiger partial charge in [0.25, 0.3) is 0 Å². The van der Waals surface area contributed by atoms with Crippen molar-refractivity contribution in [2.75, 3.05) is 26.2 Å². The average Bonchev–Trinajstić information content (AvgIpc) is 2.40. The van der Waals surface area contributed by atoms with Crippen LogP contribution in [0.15, 0.2) is 18.2 Å². The number of carbonyl (C=O) groups is 1. The first-order valence-corrected chi connectivity index (χ1v) is 7.07. The minimum Gasteiger partial charge on any atom is -0.368 e. The number of rotatable bonds is 8. The van der Waals surface area contributed by atoms with Crippen LogP contribution in [0.1, 0.15) is 25.5 Å². The number of amides is 1. The monoisotopic (exact) mass is 301 g/mol. The van der Waals surface area contributed by atoms with E-state index in [2.05, 4.69) is 24.1 Å². The summed E-state index contributed by atoms with van der Waals surface area (Å²) < 4.78 is 13.0. The molecule has 4 nitrogen and oxygen atoms in total. The molecule has 0 aliphatic rings. The lowest BCUT2D eigenvalue weighted by Gasteiger charge is -2.21. The summed E-state index contributed by atoms with van der Waals surface area (Å²) in [5, 5.41) is 3.27. The second-order valence-corrected chi connectivity index (χ2v) is 4.89. The Morgan fingerprint density at radius 3 is 2.60 bits per heavy atom. The highest BCUT2D eigenvalue weighted by Gasteiger charge is 2.20. The van der Waals surface area contributed by atoms with Crippen LogP contribution in [0, 0.1) is 5.82 Å². The largest absolute Gasteiger partial charge is 0.368 e. The standard InChI is InChI=1S/C14H21ClFN3O/c1-3-19(4-2)8-7-18-13(14(17)20)11-6-5-10(16)9-12(11)15/h5-6,9,13,18H,3-4,7-8H2,1-2H3,(H2,17,20). The lowest BCUT2D eigenvalue weighted by Crippen LogP contribution is -2.38. The molecule has 1 aromatic carbocycles. The minimum absolute atomic E-state index is 0.198. The fourth-order valence-electron chi connectivity index (χ4n) is 2.01. The van der Waals surface area contributed by atoms with Crippen LogP contribution in [0.2, 0.25) is 5.02 Å². The Morgan fingerprint density at radius 1 is 1.45 bits per heavy atom. The Balaban J connectivity index is 2.72. The SMILES string of the molecule is CCN(CC)CCNC(C(N)=O)c1ccc(F)cc1Cl. The summed E-state index contributed by atoms with van der Waals surface area (Å²) in [7, 11) is 0. The van der Waals surface area contributed by atoms with Gasteiger partial charge in [0.1, 0.15) is 11.9 Å². The summed E-state index contributed by atoms with van der Waals surface area (Å²) in [6.07, 6.45) is 0. The van der Waals surface area contributed by atoms with Gasteiger partial charge in [-0.2, -0.15) is 0 Å². The van der Waals surface area contributed by atoms with Gasteiger partial charge in [0, 0.05) is 18.1 Å². The molecule has 3 N–H and O–H groups in total. The molecule has 0 aliphatic heterocycles. The van der Waals surface area contributed by atoms with Crippen molar-refractivity contribution in [3.8, 4) is 0 Å². The van der Waals surface area contributed by atoms with E-state index in [1.807, 2.05) is 0 Å². The lowest BCUT2D eigenvalue weighted by atomic mass is 10.1. The summed E-state index contributed by atoms with van der Waals surface area (Å²) in [6.45, 7) is 7.43. The van der Waals surface area contributed by atoms with E-state index in [4.69, 9.17) is 17.3 Å². The predicted molar refractivity (Wildman–Crippen MR) is 79.1 cm³/mol. The molecule has 1 atom stereocenters. The van der Waals surface area contributed by atoms with Crippen LogP contribution in [0.5, 0.6) is 0 Å². The number of carbonyl (C=O) groups excluding carboxylic acids is 1. The van der Waals surface area contributed by atoms with Gasteiger partial charge in [0.05, 0.1) is 0 Å². The van der Waals surface area contributed by atoms with Crippen molar-refractivity contribution in [1.29, 1.82) is 0 Å². The zero-order valence-corrected chi connectivity index (χ0v) is 12.6. The fourth-order valence-corrected chi connectivity index (χ4v) is 2.28. The normalized spacial score (nSPS) is 12.7. The molecule has 0 saturated heterocycles. The van der Waals surface area contributed by atoms with Crippen molar-refractivity contribution in [3.63, 3.8) is 0 Å². The fraction of sp³-hybridized carbons (Fsp3) is 0.500. The Morgan fingerprint density at radius 2 is 2.10 bits per heavy atom. The molecule has 0 heterocycles. The van der Waals surface area contributed by atoms with E-state index < -0.39 is 17.8 Å². The van der Waals surface area contributed by atoms with Crippen molar-refractivity contribution in [1.82, 2.24) is 10.2 Å². The maximum Gasteiger partial charge on any atom is 0.239 e. The molecule has 1 amide bonds. The van der Waals surface area contributed by atoms with Gasteiger partial charge in [-0.3, -0.25) is 4.79 Å². The van der Waals surface area contributed by atoms with E-state index in [0.717, 1.165) is 19.6 Å². The maximum absolute atomic E-state index is 13.0. The van der Waals surface area contributed by atoms with Crippen molar-refractivity contribution >= 4 is 17.5 Å². The van der Waals surface area contributed by atoms with Crippen LogP contribution < -0.4 is 11.1 Å². The van der Waals surface area contributed by atoms with Gasteiger partial charge in [0.15, 0.2) is 0 Å². The Bertz CT molecular complexity index is 452. The lowest BCUT2D eigenvalue weighted by molar-refractivity contribution is -0.120. The molecule has 0 bridgehead atoms. The summed E-state index contributed by atoms with van der Waals surface area (Å²) in [4.78, 5) is 13.8. The van der Waals surface area contributed by atoms with E-state index in [1.165, 1.54) is 18.2 Å². The van der Waals surface area contributed by atoms with Gasteiger partial charge < -0.3 is 16.0 Å². The molecule has 0 radical (unpaired) electrons. The molecule has 1 rings (SSSR count). The predicted octanol–water partition coefficient (Wildman–Crippen LogP) is 1.94. The van der Waals surface area contributed by atoms with Gasteiger partial charge >= 0.3 is 0 Å². The highest BCUT2D eigenvalue weighted by molar-refractivity contribution is 6.31. The topological polar surface area (TPSA) is 58.4 Å². The number of nitrogens with one attached hydrogen (secondary N) is 1. The van der Waals surface area contributed by atoms with Crippen LogP contribution in [-0.4, -0.2) is 37.0 Å². The molecule has 1 aromatic rings. The second-order valence-electron chi connectivity index (χ2n) is 4.48. The number of hydrogen-bond donors (Lipinski definition) is 2. The zero-order valence-electron chi connectivity index (χ0n) is 11.8. The van der Waals surface area contributed by atoms with Crippen LogP contribution in [0.3, 0.4) is 0 Å². The Hall–Kier alpha value is -1.17. The number of halogens is 2. The molecule has 0 fully saturated rings. The molecule has 0 aromatic heterocycles. The average molecular weight is 302 g/mol. The summed E-state index contributed by atoms with van der Waals surface area (Å²) in [6, 6.07) is 3.22. The molecule has 0 spiro atoms. The molecule has 20 heavy (non-hydrogen) atoms. The van der Waals surface area contributed by atoms with E-state index in [0.29, 0.717) is 12.1 Å². The second kappa shape index (κ2) is 8.19. The van der Waals surface area contributed by atoms with Gasteiger partial charge in [-0.1, -0.05) is 31.5 Å². The molecule has 112 valence electrons. The van der Waals surface area contributed by atoms with Gasteiger partial charge in [0.2, 0.25) is 5.91 Å². The van der Waals surface area contributed by atoms with E-state index in [1.54, 1.807) is 0 Å². The van der Waals surface area contributed by atoms with Gasteiger partial charge in [-0.05, 0) is 30.8 Å². The van der Waals surface area contributed by atoms with Crippen LogP contribution in [0.4, 0.5) is 4.39 Å². The van der Waals surface area contributed by atoms with Crippen molar-refractivity contribution in [3.05, 3.63) is 34.6 Å². The van der Waals surface area contributed by atoms with E-state index in [9.17, 15) is 9.18 Å². The van der Waals surface area contributed by atoms with Crippen LogP contribution in [0.25, 0.3) is 0 Å². The van der Waals surface area contributed by atoms with E-state index in [-0.39, 0.29) is 5.02 Å². The highest BCUT2D eigenvalue weighted by Crippen LogP contribution is 2.23. The number of likely N-dealkylation sites (N-methyl/N-ethyl adjacent to an activating group) is 1. The quantitative estimate of drug-likeness (QED) is 0.771. The van der Waals surface area contributed by atoms with Crippen molar-refractivity contribution in [2.24, 2.45) is 5.73 Å². The number of nitrogens with zero attached hydrogens (tertiary/aromatic N) is 1. The Labute approximate surface area is 124 Å². The summed E-state index contributed by atoms with van der Waals surface area (Å²) in [5.74, 6) is -0.969. The molecular weight excluding hydrogens is 281 g/mol. The summed E-state index contributed by atoms with van der Waals surface area (Å²) in [5.41, 5.74) is 5.89. The van der Waals surface area contributed by atoms with Crippen LogP contribution in [-0.2, 0) is 4.79 Å². The highest BCUT2D eigenvalue weighted by atomic mass is 35.5. The molecule has 0 saturated carbocycles. The van der Waals surface area contributed by atoms with Gasteiger partial charge in [-0.15, -0.1) is 0 Å².